The summed E-state index contributed by atoms with van der Waals surface area (Å²) in [6.45, 7) is 4.40. The van der Waals surface area contributed by atoms with Crippen molar-refractivity contribution in [1.82, 2.24) is 0 Å². The first-order chi connectivity index (χ1) is 7.66. The smallest absolute Gasteiger partial charge is 0.138 e. The largest absolute Gasteiger partial charge is 0.320 e. The molecule has 5 atom stereocenters. The van der Waals surface area contributed by atoms with Gasteiger partial charge in [-0.1, -0.05) is 19.8 Å². The minimum absolute atomic E-state index is 0.255. The van der Waals surface area contributed by atoms with Gasteiger partial charge in [0.1, 0.15) is 12.3 Å². The van der Waals surface area contributed by atoms with Crippen LogP contribution in [-0.4, -0.2) is 25.4 Å². The minimum Gasteiger partial charge on any atom is -0.320 e. The van der Waals surface area contributed by atoms with Crippen molar-refractivity contribution < 1.29 is 9.29 Å². The monoisotopic (exact) mass is 229 g/mol. The summed E-state index contributed by atoms with van der Waals surface area (Å²) in [6, 6.07) is 0. The van der Waals surface area contributed by atoms with Crippen LogP contribution in [0.25, 0.3) is 0 Å². The van der Waals surface area contributed by atoms with Gasteiger partial charge in [-0.2, -0.15) is 0 Å². The third-order valence-corrected chi connectivity index (χ3v) is 4.45. The van der Waals surface area contributed by atoms with Crippen molar-refractivity contribution >= 4 is 0 Å². The standard InChI is InChI=1S/C13H25FN2/c1-10-6-7-13(15)16(8-10)9-11-4-2-3-5-12(11)14/h10-13H,2-9,15H2,1H3/p+1. The molecule has 0 spiro atoms. The van der Waals surface area contributed by atoms with Gasteiger partial charge in [-0.15, -0.1) is 0 Å². The maximum atomic E-state index is 13.8. The van der Waals surface area contributed by atoms with E-state index in [1.807, 2.05) is 0 Å². The summed E-state index contributed by atoms with van der Waals surface area (Å²) >= 11 is 0. The molecule has 2 rings (SSSR count). The molecule has 2 fully saturated rings. The molecule has 94 valence electrons. The van der Waals surface area contributed by atoms with Crippen LogP contribution in [0.15, 0.2) is 0 Å². The lowest BCUT2D eigenvalue weighted by atomic mass is 9.86. The van der Waals surface area contributed by atoms with Gasteiger partial charge in [0.05, 0.1) is 13.1 Å². The maximum Gasteiger partial charge on any atom is 0.138 e. The predicted octanol–water partition coefficient (Wildman–Crippen LogP) is 1.11. The quantitative estimate of drug-likeness (QED) is 0.730. The summed E-state index contributed by atoms with van der Waals surface area (Å²) in [5, 5.41) is 0. The molecule has 0 aromatic rings. The maximum absolute atomic E-state index is 13.8. The number of hydrogen-bond donors (Lipinski definition) is 2. The number of hydrogen-bond acceptors (Lipinski definition) is 1. The molecule has 1 aliphatic heterocycles. The molecule has 3 N–H and O–H groups in total. The van der Waals surface area contributed by atoms with Gasteiger partial charge in [-0.05, 0) is 19.3 Å². The summed E-state index contributed by atoms with van der Waals surface area (Å²) in [4.78, 5) is 1.45. The molecule has 0 aromatic carbocycles. The Hall–Kier alpha value is -0.150. The number of piperidine rings is 1. The van der Waals surface area contributed by atoms with Crippen LogP contribution in [-0.2, 0) is 0 Å². The van der Waals surface area contributed by atoms with Crippen molar-refractivity contribution in [2.45, 2.75) is 57.8 Å². The van der Waals surface area contributed by atoms with E-state index in [0.29, 0.717) is 0 Å². The number of nitrogens with one attached hydrogen (secondary N) is 1. The van der Waals surface area contributed by atoms with E-state index in [9.17, 15) is 4.39 Å². The van der Waals surface area contributed by atoms with Crippen molar-refractivity contribution in [1.29, 1.82) is 0 Å². The number of alkyl halides is 1. The van der Waals surface area contributed by atoms with Crippen LogP contribution >= 0.6 is 0 Å². The molecule has 1 saturated heterocycles. The van der Waals surface area contributed by atoms with Gasteiger partial charge in [0.2, 0.25) is 0 Å². The SMILES string of the molecule is CC1CCC(N)[NH+](CC2CCCCC2F)C1. The minimum atomic E-state index is -0.564. The van der Waals surface area contributed by atoms with Crippen LogP contribution in [0.1, 0.15) is 45.4 Å². The third kappa shape index (κ3) is 2.95. The van der Waals surface area contributed by atoms with Gasteiger partial charge in [0.25, 0.3) is 0 Å². The molecular formula is C13H26FN2+. The number of rotatable bonds is 2. The van der Waals surface area contributed by atoms with Crippen LogP contribution in [0.4, 0.5) is 4.39 Å². The van der Waals surface area contributed by atoms with Gasteiger partial charge >= 0.3 is 0 Å². The molecule has 5 unspecified atom stereocenters. The second-order valence-corrected chi connectivity index (χ2v) is 5.92. The Balaban J connectivity index is 1.86. The number of nitrogens with two attached hydrogens (primary N) is 1. The first-order valence-corrected chi connectivity index (χ1v) is 6.91. The summed E-state index contributed by atoms with van der Waals surface area (Å²) < 4.78 is 13.8. The van der Waals surface area contributed by atoms with Crippen molar-refractivity contribution in [3.8, 4) is 0 Å². The molecule has 2 aliphatic rings. The summed E-state index contributed by atoms with van der Waals surface area (Å²) in [7, 11) is 0. The van der Waals surface area contributed by atoms with E-state index in [-0.39, 0.29) is 12.1 Å². The van der Waals surface area contributed by atoms with E-state index in [2.05, 4.69) is 6.92 Å². The van der Waals surface area contributed by atoms with Crippen molar-refractivity contribution in [2.75, 3.05) is 13.1 Å². The number of quaternary nitrogens is 1. The molecule has 0 radical (unpaired) electrons. The normalized spacial score (nSPS) is 45.6. The number of halogens is 1. The Morgan fingerprint density at radius 1 is 1.19 bits per heavy atom. The molecule has 0 aromatic heterocycles. The van der Waals surface area contributed by atoms with E-state index in [1.54, 1.807) is 0 Å². The molecule has 1 aliphatic carbocycles. The average molecular weight is 229 g/mol. The lowest BCUT2D eigenvalue weighted by Gasteiger charge is -2.37. The highest BCUT2D eigenvalue weighted by molar-refractivity contribution is 4.75. The average Bonchev–Trinajstić information content (AvgIpc) is 2.27. The summed E-state index contributed by atoms with van der Waals surface area (Å²) in [5.74, 6) is 1.04. The fraction of sp³-hybridized carbons (Fsp3) is 1.00. The first-order valence-electron chi connectivity index (χ1n) is 6.91. The van der Waals surface area contributed by atoms with E-state index >= 15 is 0 Å². The first kappa shape index (κ1) is 12.3. The molecule has 2 nitrogen and oxygen atoms in total. The lowest BCUT2D eigenvalue weighted by molar-refractivity contribution is -0.937. The molecule has 3 heteroatoms. The lowest BCUT2D eigenvalue weighted by Crippen LogP contribution is -3.19. The Labute approximate surface area is 98.4 Å². The molecular weight excluding hydrogens is 203 g/mol. The summed E-state index contributed by atoms with van der Waals surface area (Å²) in [6.07, 6.45) is 6.19. The zero-order valence-electron chi connectivity index (χ0n) is 10.4. The van der Waals surface area contributed by atoms with Gasteiger partial charge in [-0.3, -0.25) is 5.73 Å². The van der Waals surface area contributed by atoms with Gasteiger partial charge in [-0.25, -0.2) is 4.39 Å². The Morgan fingerprint density at radius 3 is 2.69 bits per heavy atom. The Bertz CT molecular complexity index is 222. The Morgan fingerprint density at radius 2 is 1.94 bits per heavy atom. The van der Waals surface area contributed by atoms with E-state index in [0.717, 1.165) is 44.7 Å². The van der Waals surface area contributed by atoms with Crippen LogP contribution in [0, 0.1) is 11.8 Å². The highest BCUT2D eigenvalue weighted by Crippen LogP contribution is 2.26. The molecule has 1 saturated carbocycles. The van der Waals surface area contributed by atoms with E-state index in [4.69, 9.17) is 5.73 Å². The van der Waals surface area contributed by atoms with Crippen LogP contribution in [0.5, 0.6) is 0 Å². The van der Waals surface area contributed by atoms with Crippen LogP contribution < -0.4 is 10.6 Å². The van der Waals surface area contributed by atoms with Crippen LogP contribution in [0.3, 0.4) is 0 Å². The zero-order valence-corrected chi connectivity index (χ0v) is 10.4. The zero-order chi connectivity index (χ0) is 11.5. The Kier molecular flexibility index (Phi) is 4.20. The topological polar surface area (TPSA) is 30.5 Å². The van der Waals surface area contributed by atoms with E-state index < -0.39 is 6.17 Å². The van der Waals surface area contributed by atoms with Crippen LogP contribution in [0.2, 0.25) is 0 Å². The fourth-order valence-corrected chi connectivity index (χ4v) is 3.33. The van der Waals surface area contributed by atoms with Crippen molar-refractivity contribution in [2.24, 2.45) is 17.6 Å². The molecule has 0 amide bonds. The van der Waals surface area contributed by atoms with Gasteiger partial charge < -0.3 is 4.90 Å². The molecule has 1 heterocycles. The van der Waals surface area contributed by atoms with Crippen molar-refractivity contribution in [3.05, 3.63) is 0 Å². The van der Waals surface area contributed by atoms with Gasteiger partial charge in [0.15, 0.2) is 0 Å². The second-order valence-electron chi connectivity index (χ2n) is 5.92. The van der Waals surface area contributed by atoms with Crippen molar-refractivity contribution in [3.63, 3.8) is 0 Å². The predicted molar refractivity (Wildman–Crippen MR) is 63.9 cm³/mol. The van der Waals surface area contributed by atoms with Gasteiger partial charge in [0, 0.05) is 18.3 Å². The number of likely N-dealkylation sites (tertiary alicyclic amines) is 1. The highest BCUT2D eigenvalue weighted by atomic mass is 19.1. The summed E-state index contributed by atoms with van der Waals surface area (Å²) in [5.41, 5.74) is 6.14. The highest BCUT2D eigenvalue weighted by Gasteiger charge is 2.33. The molecule has 0 bridgehead atoms. The van der Waals surface area contributed by atoms with E-state index in [1.165, 1.54) is 17.7 Å². The second kappa shape index (κ2) is 5.46. The fourth-order valence-electron chi connectivity index (χ4n) is 3.33. The molecule has 16 heavy (non-hydrogen) atoms. The third-order valence-electron chi connectivity index (χ3n) is 4.45.